The van der Waals surface area contributed by atoms with Crippen LogP contribution in [0.3, 0.4) is 0 Å². The molecular weight excluding hydrogens is 144 g/mol. The van der Waals surface area contributed by atoms with Crippen LogP contribution in [0.2, 0.25) is 0 Å². The van der Waals surface area contributed by atoms with E-state index in [1.54, 1.807) is 6.92 Å². The van der Waals surface area contributed by atoms with Gasteiger partial charge in [0.15, 0.2) is 0 Å². The van der Waals surface area contributed by atoms with E-state index in [0.717, 1.165) is 6.42 Å². The molecule has 3 heteroatoms. The second kappa shape index (κ2) is 3.53. The van der Waals surface area contributed by atoms with Gasteiger partial charge in [0.2, 0.25) is 0 Å². The van der Waals surface area contributed by atoms with Crippen LogP contribution in [0.4, 0.5) is 0 Å². The number of hydrogen-bond acceptors (Lipinski definition) is 3. The van der Waals surface area contributed by atoms with Gasteiger partial charge in [0, 0.05) is 12.0 Å². The van der Waals surface area contributed by atoms with Gasteiger partial charge in [0.25, 0.3) is 0 Å². The Hall–Kier alpha value is -0.830. The molecule has 1 aliphatic heterocycles. The molecule has 0 aliphatic carbocycles. The zero-order chi connectivity index (χ0) is 8.27. The summed E-state index contributed by atoms with van der Waals surface area (Å²) >= 11 is 0. The molecule has 3 nitrogen and oxygen atoms in total. The molecule has 62 valence electrons. The van der Waals surface area contributed by atoms with Crippen molar-refractivity contribution in [3.63, 3.8) is 0 Å². The fourth-order valence-electron chi connectivity index (χ4n) is 0.858. The molecule has 0 N–H and O–H groups in total. The van der Waals surface area contributed by atoms with Crippen LogP contribution >= 0.6 is 0 Å². The summed E-state index contributed by atoms with van der Waals surface area (Å²) in [4.78, 5) is 10.9. The minimum Gasteiger partial charge on any atom is -0.456 e. The van der Waals surface area contributed by atoms with E-state index in [9.17, 15) is 4.79 Å². The van der Waals surface area contributed by atoms with Gasteiger partial charge in [-0.3, -0.25) is 0 Å². The maximum Gasteiger partial charge on any atom is 0.333 e. The third-order valence-electron chi connectivity index (χ3n) is 1.51. The average molecular weight is 156 g/mol. The van der Waals surface area contributed by atoms with Crippen LogP contribution in [-0.4, -0.2) is 25.3 Å². The summed E-state index contributed by atoms with van der Waals surface area (Å²) in [6.45, 7) is 6.33. The number of ether oxygens (including phenoxy) is 2. The molecule has 0 saturated carbocycles. The summed E-state index contributed by atoms with van der Waals surface area (Å²) < 4.78 is 10.0. The van der Waals surface area contributed by atoms with Gasteiger partial charge in [-0.1, -0.05) is 6.58 Å². The van der Waals surface area contributed by atoms with Crippen molar-refractivity contribution in [3.05, 3.63) is 12.2 Å². The first-order valence-corrected chi connectivity index (χ1v) is 3.64. The highest BCUT2D eigenvalue weighted by atomic mass is 16.6. The fourth-order valence-corrected chi connectivity index (χ4v) is 0.858. The number of carbonyl (C=O) groups excluding carboxylic acids is 1. The van der Waals surface area contributed by atoms with Crippen LogP contribution in [0.5, 0.6) is 0 Å². The van der Waals surface area contributed by atoms with E-state index in [2.05, 4.69) is 6.58 Å². The molecule has 0 aromatic carbocycles. The Morgan fingerprint density at radius 1 is 1.73 bits per heavy atom. The summed E-state index contributed by atoms with van der Waals surface area (Å²) in [5, 5.41) is 0. The lowest BCUT2D eigenvalue weighted by Gasteiger charge is -2.08. The van der Waals surface area contributed by atoms with Crippen molar-refractivity contribution in [2.24, 2.45) is 0 Å². The van der Waals surface area contributed by atoms with Gasteiger partial charge >= 0.3 is 5.97 Å². The molecule has 0 radical (unpaired) electrons. The second-order valence-corrected chi connectivity index (χ2v) is 2.67. The third kappa shape index (κ3) is 2.35. The molecule has 1 saturated heterocycles. The molecule has 1 heterocycles. The number of carbonyl (C=O) groups is 1. The normalized spacial score (nSPS) is 23.2. The zero-order valence-corrected chi connectivity index (χ0v) is 6.63. The summed E-state index contributed by atoms with van der Waals surface area (Å²) in [5.74, 6) is -0.319. The Morgan fingerprint density at radius 2 is 2.45 bits per heavy atom. The number of rotatable bonds is 2. The van der Waals surface area contributed by atoms with Gasteiger partial charge < -0.3 is 9.47 Å². The van der Waals surface area contributed by atoms with Gasteiger partial charge in [0.05, 0.1) is 13.2 Å². The molecule has 11 heavy (non-hydrogen) atoms. The summed E-state index contributed by atoms with van der Waals surface area (Å²) in [6.07, 6.45) is 0.748. The van der Waals surface area contributed by atoms with E-state index < -0.39 is 0 Å². The van der Waals surface area contributed by atoms with Crippen molar-refractivity contribution in [2.75, 3.05) is 13.2 Å². The van der Waals surface area contributed by atoms with Crippen molar-refractivity contribution in [2.45, 2.75) is 19.4 Å². The van der Waals surface area contributed by atoms with Crippen molar-refractivity contribution < 1.29 is 14.3 Å². The van der Waals surface area contributed by atoms with Crippen LogP contribution < -0.4 is 0 Å². The van der Waals surface area contributed by atoms with Gasteiger partial charge in [-0.05, 0) is 6.92 Å². The molecule has 0 spiro atoms. The molecule has 0 aromatic heterocycles. The molecule has 1 aliphatic rings. The molecule has 1 rings (SSSR count). The second-order valence-electron chi connectivity index (χ2n) is 2.67. The number of hydrogen-bond donors (Lipinski definition) is 0. The predicted octanol–water partition coefficient (Wildman–Crippen LogP) is 0.895. The maximum atomic E-state index is 10.9. The van der Waals surface area contributed by atoms with E-state index in [1.807, 2.05) is 0 Å². The Labute approximate surface area is 66.0 Å². The molecule has 1 unspecified atom stereocenters. The highest BCUT2D eigenvalue weighted by Crippen LogP contribution is 2.09. The standard InChI is InChI=1S/C8H12O3/c1-6(2)8(9)11-7-3-4-10-5-7/h7H,1,3-5H2,2H3. The highest BCUT2D eigenvalue weighted by molar-refractivity contribution is 5.87. The topological polar surface area (TPSA) is 35.5 Å². The quantitative estimate of drug-likeness (QED) is 0.440. The summed E-state index contributed by atoms with van der Waals surface area (Å²) in [6, 6.07) is 0. The lowest BCUT2D eigenvalue weighted by molar-refractivity contribution is -0.144. The SMILES string of the molecule is C=C(C)C(=O)OC1CCOC1. The minimum atomic E-state index is -0.319. The van der Waals surface area contributed by atoms with Gasteiger partial charge in [-0.15, -0.1) is 0 Å². The molecule has 0 bridgehead atoms. The Bertz CT molecular complexity index is 168. The third-order valence-corrected chi connectivity index (χ3v) is 1.51. The first kappa shape index (κ1) is 8.27. The average Bonchev–Trinajstić information content (AvgIpc) is 2.39. The Morgan fingerprint density at radius 3 is 2.91 bits per heavy atom. The van der Waals surface area contributed by atoms with Crippen molar-refractivity contribution in [3.8, 4) is 0 Å². The van der Waals surface area contributed by atoms with Gasteiger partial charge in [-0.2, -0.15) is 0 Å². The fraction of sp³-hybridized carbons (Fsp3) is 0.625. The molecule has 1 atom stereocenters. The van der Waals surface area contributed by atoms with Crippen LogP contribution in [0.1, 0.15) is 13.3 Å². The Balaban J connectivity index is 2.29. The van der Waals surface area contributed by atoms with Crippen molar-refractivity contribution in [1.82, 2.24) is 0 Å². The molecule has 0 amide bonds. The van der Waals surface area contributed by atoms with E-state index in [1.165, 1.54) is 0 Å². The Kier molecular flexibility index (Phi) is 2.65. The van der Waals surface area contributed by atoms with Crippen molar-refractivity contribution >= 4 is 5.97 Å². The highest BCUT2D eigenvalue weighted by Gasteiger charge is 2.19. The zero-order valence-electron chi connectivity index (χ0n) is 6.63. The lowest BCUT2D eigenvalue weighted by Crippen LogP contribution is -2.18. The molecule has 0 aromatic rings. The lowest BCUT2D eigenvalue weighted by atomic mass is 10.3. The largest absolute Gasteiger partial charge is 0.456 e. The van der Waals surface area contributed by atoms with Crippen LogP contribution in [-0.2, 0) is 14.3 Å². The van der Waals surface area contributed by atoms with Gasteiger partial charge in [0.1, 0.15) is 6.10 Å². The van der Waals surface area contributed by atoms with Gasteiger partial charge in [-0.25, -0.2) is 4.79 Å². The van der Waals surface area contributed by atoms with E-state index in [4.69, 9.17) is 9.47 Å². The van der Waals surface area contributed by atoms with Crippen LogP contribution in [0.15, 0.2) is 12.2 Å². The monoisotopic (exact) mass is 156 g/mol. The first-order chi connectivity index (χ1) is 5.20. The van der Waals surface area contributed by atoms with Crippen molar-refractivity contribution in [1.29, 1.82) is 0 Å². The number of esters is 1. The van der Waals surface area contributed by atoms with E-state index in [-0.39, 0.29) is 12.1 Å². The summed E-state index contributed by atoms with van der Waals surface area (Å²) in [5.41, 5.74) is 0.442. The van der Waals surface area contributed by atoms with E-state index >= 15 is 0 Å². The van der Waals surface area contributed by atoms with Crippen LogP contribution in [0, 0.1) is 0 Å². The maximum absolute atomic E-state index is 10.9. The molecular formula is C8H12O3. The summed E-state index contributed by atoms with van der Waals surface area (Å²) in [7, 11) is 0. The predicted molar refractivity (Wildman–Crippen MR) is 40.1 cm³/mol. The van der Waals surface area contributed by atoms with Crippen LogP contribution in [0.25, 0.3) is 0 Å². The first-order valence-electron chi connectivity index (χ1n) is 3.64. The van der Waals surface area contributed by atoms with E-state index in [0.29, 0.717) is 18.8 Å². The smallest absolute Gasteiger partial charge is 0.333 e. The molecule has 1 fully saturated rings. The minimum absolute atomic E-state index is 0.0563.